The predicted molar refractivity (Wildman–Crippen MR) is 167 cm³/mol. The lowest BCUT2D eigenvalue weighted by Gasteiger charge is -2.14. The molecule has 222 valence electrons. The van der Waals surface area contributed by atoms with E-state index in [1.165, 1.54) is 12.3 Å². The third kappa shape index (κ3) is 10.7. The molecule has 0 atom stereocenters. The Morgan fingerprint density at radius 2 is 1.76 bits per heavy atom. The van der Waals surface area contributed by atoms with Gasteiger partial charge in [0.2, 0.25) is 11.9 Å². The zero-order valence-corrected chi connectivity index (χ0v) is 24.7. The molecule has 2 amide bonds. The number of aryl methyl sites for hydroxylation is 1. The van der Waals surface area contributed by atoms with Gasteiger partial charge in [-0.1, -0.05) is 19.1 Å². The number of benzene rings is 1. The highest BCUT2D eigenvalue weighted by atomic mass is 16.2. The molecule has 42 heavy (non-hydrogen) atoms. The van der Waals surface area contributed by atoms with Crippen molar-refractivity contribution in [1.82, 2.24) is 19.9 Å². The van der Waals surface area contributed by atoms with Crippen molar-refractivity contribution < 1.29 is 14.4 Å². The number of nitrogens with zero attached hydrogens (tertiary/aromatic N) is 4. The summed E-state index contributed by atoms with van der Waals surface area (Å²) in [7, 11) is 3.83. The number of carbonyl (C=O) groups excluding carboxylic acids is 3. The first-order valence-electron chi connectivity index (χ1n) is 14.0. The maximum Gasteiger partial charge on any atom is 0.260 e. The summed E-state index contributed by atoms with van der Waals surface area (Å²) >= 11 is 0. The molecule has 2 aromatic heterocycles. The number of hydrogen-bond donors (Lipinski definition) is 4. The normalized spacial score (nSPS) is 11.0. The molecule has 0 fully saturated rings. The van der Waals surface area contributed by atoms with Crippen LogP contribution in [0.3, 0.4) is 0 Å². The lowest BCUT2D eigenvalue weighted by atomic mass is 10.1. The molecule has 0 unspecified atom stereocenters. The molecule has 0 aliphatic carbocycles. The van der Waals surface area contributed by atoms with Crippen molar-refractivity contribution in [2.75, 3.05) is 55.0 Å². The van der Waals surface area contributed by atoms with E-state index in [4.69, 9.17) is 0 Å². The minimum Gasteiger partial charge on any atom is -0.369 e. The van der Waals surface area contributed by atoms with Crippen molar-refractivity contribution in [3.8, 4) is 0 Å². The van der Waals surface area contributed by atoms with Crippen molar-refractivity contribution in [2.45, 2.75) is 39.5 Å². The Bertz CT molecular complexity index is 1380. The summed E-state index contributed by atoms with van der Waals surface area (Å²) in [6.07, 6.45) is 10.1. The molecule has 4 N–H and O–H groups in total. The largest absolute Gasteiger partial charge is 0.369 e. The molecule has 1 aromatic carbocycles. The molecule has 11 heteroatoms. The SMILES string of the molecule is CCCNc1nc(NCCc2ccncc2)ncc1C(=O)Nc1ccc(C)c(NC(=O)CCC(=O)/C=C/CN(C)C)c1. The van der Waals surface area contributed by atoms with E-state index >= 15 is 0 Å². The quantitative estimate of drug-likeness (QED) is 0.185. The van der Waals surface area contributed by atoms with Crippen molar-refractivity contribution in [3.05, 3.63) is 77.8 Å². The van der Waals surface area contributed by atoms with Crippen LogP contribution in [-0.4, -0.2) is 71.2 Å². The number of anilines is 4. The van der Waals surface area contributed by atoms with Gasteiger partial charge in [0, 0.05) is 62.4 Å². The summed E-state index contributed by atoms with van der Waals surface area (Å²) in [4.78, 5) is 52.7. The average molecular weight is 573 g/mol. The fourth-order valence-electron chi connectivity index (χ4n) is 3.84. The average Bonchev–Trinajstić information content (AvgIpc) is 2.97. The summed E-state index contributed by atoms with van der Waals surface area (Å²) in [5.74, 6) is 0.0944. The summed E-state index contributed by atoms with van der Waals surface area (Å²) in [6, 6.07) is 9.18. The van der Waals surface area contributed by atoms with Crippen LogP contribution in [0.25, 0.3) is 0 Å². The van der Waals surface area contributed by atoms with Crippen molar-refractivity contribution in [1.29, 1.82) is 0 Å². The topological polar surface area (TPSA) is 141 Å². The van der Waals surface area contributed by atoms with Gasteiger partial charge in [0.15, 0.2) is 5.78 Å². The van der Waals surface area contributed by atoms with Crippen molar-refractivity contribution >= 4 is 40.7 Å². The van der Waals surface area contributed by atoms with E-state index in [2.05, 4.69) is 36.2 Å². The summed E-state index contributed by atoms with van der Waals surface area (Å²) in [6.45, 7) is 5.81. The number of carbonyl (C=O) groups is 3. The minimum absolute atomic E-state index is 0.0634. The molecular formula is C31H40N8O3. The van der Waals surface area contributed by atoms with Gasteiger partial charge in [-0.3, -0.25) is 19.4 Å². The Morgan fingerprint density at radius 3 is 2.50 bits per heavy atom. The number of allylic oxidation sites excluding steroid dienone is 1. The second-order valence-corrected chi connectivity index (χ2v) is 10.1. The lowest BCUT2D eigenvalue weighted by molar-refractivity contribution is -0.120. The van der Waals surface area contributed by atoms with Crippen LogP contribution in [0.5, 0.6) is 0 Å². The number of hydrogen-bond acceptors (Lipinski definition) is 9. The number of ketones is 1. The van der Waals surface area contributed by atoms with Gasteiger partial charge in [-0.15, -0.1) is 0 Å². The Morgan fingerprint density at radius 1 is 0.976 bits per heavy atom. The molecule has 0 radical (unpaired) electrons. The highest BCUT2D eigenvalue weighted by Gasteiger charge is 2.16. The molecule has 3 aromatic rings. The number of pyridine rings is 1. The first-order chi connectivity index (χ1) is 20.2. The van der Waals surface area contributed by atoms with Crippen LogP contribution in [0.4, 0.5) is 23.1 Å². The van der Waals surface area contributed by atoms with Gasteiger partial charge in [-0.2, -0.15) is 4.98 Å². The van der Waals surface area contributed by atoms with Gasteiger partial charge >= 0.3 is 0 Å². The van der Waals surface area contributed by atoms with Gasteiger partial charge < -0.3 is 26.2 Å². The number of nitrogens with one attached hydrogen (secondary N) is 4. The van der Waals surface area contributed by atoms with Gasteiger partial charge in [0.1, 0.15) is 11.4 Å². The fraction of sp³-hybridized carbons (Fsp3) is 0.355. The molecule has 0 aliphatic rings. The smallest absolute Gasteiger partial charge is 0.260 e. The molecule has 2 heterocycles. The zero-order valence-electron chi connectivity index (χ0n) is 24.7. The number of aromatic nitrogens is 3. The molecule has 11 nitrogen and oxygen atoms in total. The summed E-state index contributed by atoms with van der Waals surface area (Å²) < 4.78 is 0. The Hall–Kier alpha value is -4.64. The van der Waals surface area contributed by atoms with Crippen LogP contribution in [0, 0.1) is 6.92 Å². The van der Waals surface area contributed by atoms with E-state index in [1.54, 1.807) is 30.6 Å². The molecule has 0 bridgehead atoms. The fourth-order valence-corrected chi connectivity index (χ4v) is 3.84. The van der Waals surface area contributed by atoms with Gasteiger partial charge in [-0.05, 0) is 75.3 Å². The highest BCUT2D eigenvalue weighted by molar-refractivity contribution is 6.07. The molecule has 0 saturated carbocycles. The minimum atomic E-state index is -0.381. The van der Waals surface area contributed by atoms with Crippen LogP contribution in [0.15, 0.2) is 61.1 Å². The second-order valence-electron chi connectivity index (χ2n) is 10.1. The van der Waals surface area contributed by atoms with Crippen LogP contribution < -0.4 is 21.3 Å². The molecule has 0 aliphatic heterocycles. The number of amides is 2. The summed E-state index contributed by atoms with van der Waals surface area (Å²) in [5, 5.41) is 12.1. The maximum atomic E-state index is 13.2. The van der Waals surface area contributed by atoms with E-state index in [0.29, 0.717) is 48.3 Å². The Labute approximate surface area is 247 Å². The third-order valence-corrected chi connectivity index (χ3v) is 6.16. The van der Waals surface area contributed by atoms with Crippen molar-refractivity contribution in [2.24, 2.45) is 0 Å². The lowest BCUT2D eigenvalue weighted by Crippen LogP contribution is -2.19. The Balaban J connectivity index is 1.62. The molecular weight excluding hydrogens is 532 g/mol. The zero-order chi connectivity index (χ0) is 30.3. The standard InChI is InChI=1S/C31H40N8O3/c1-5-15-33-29-26(21-35-31(38-29)34-18-14-23-12-16-32-17-13-23)30(42)36-24-9-8-22(2)27(20-24)37-28(41)11-10-25(40)7-6-19-39(3)4/h6-9,12-13,16-17,20-21H,5,10-11,14-15,18-19H2,1-4H3,(H,36,42)(H,37,41)(H2,33,34,35,38)/b7-6+. The van der Waals surface area contributed by atoms with E-state index in [1.807, 2.05) is 51.0 Å². The van der Waals surface area contributed by atoms with E-state index < -0.39 is 0 Å². The number of rotatable bonds is 16. The third-order valence-electron chi connectivity index (χ3n) is 6.16. The van der Waals surface area contributed by atoms with E-state index in [9.17, 15) is 14.4 Å². The molecule has 0 spiro atoms. The van der Waals surface area contributed by atoms with Gasteiger partial charge in [0.25, 0.3) is 5.91 Å². The van der Waals surface area contributed by atoms with E-state index in [-0.39, 0.29) is 30.4 Å². The highest BCUT2D eigenvalue weighted by Crippen LogP contribution is 2.23. The molecule has 0 saturated heterocycles. The first kappa shape index (κ1) is 31.9. The number of likely N-dealkylation sites (N-methyl/N-ethyl adjacent to an activating group) is 1. The Kier molecular flexibility index (Phi) is 12.6. The van der Waals surface area contributed by atoms with Crippen LogP contribution in [-0.2, 0) is 16.0 Å². The van der Waals surface area contributed by atoms with Gasteiger partial charge in [-0.25, -0.2) is 4.98 Å². The van der Waals surface area contributed by atoms with Crippen LogP contribution >= 0.6 is 0 Å². The second kappa shape index (κ2) is 16.6. The monoisotopic (exact) mass is 572 g/mol. The maximum absolute atomic E-state index is 13.2. The van der Waals surface area contributed by atoms with Crippen LogP contribution in [0.2, 0.25) is 0 Å². The van der Waals surface area contributed by atoms with Gasteiger partial charge in [0.05, 0.1) is 0 Å². The first-order valence-corrected chi connectivity index (χ1v) is 14.0. The molecule has 3 rings (SSSR count). The predicted octanol–water partition coefficient (Wildman–Crippen LogP) is 4.31. The van der Waals surface area contributed by atoms with E-state index in [0.717, 1.165) is 24.0 Å². The summed E-state index contributed by atoms with van der Waals surface area (Å²) in [5.41, 5.74) is 3.34. The van der Waals surface area contributed by atoms with Crippen LogP contribution in [0.1, 0.15) is 47.7 Å². The van der Waals surface area contributed by atoms with Crippen molar-refractivity contribution in [3.63, 3.8) is 0 Å².